The second kappa shape index (κ2) is 12.5. The van der Waals surface area contributed by atoms with Crippen molar-refractivity contribution >= 4 is 0 Å². The van der Waals surface area contributed by atoms with E-state index in [0.717, 1.165) is 24.0 Å². The smallest absolute Gasteiger partial charge is 0.203 e. The van der Waals surface area contributed by atoms with Crippen LogP contribution >= 0.6 is 0 Å². The van der Waals surface area contributed by atoms with Crippen LogP contribution in [0.5, 0.6) is 34.5 Å². The first-order valence-electron chi connectivity index (χ1n) is 9.77. The number of methoxy groups -OCH3 is 6. The van der Waals surface area contributed by atoms with Gasteiger partial charge in [-0.05, 0) is 42.7 Å². The van der Waals surface area contributed by atoms with Crippen LogP contribution in [0.25, 0.3) is 0 Å². The maximum atomic E-state index is 5.65. The molecule has 0 unspecified atom stereocenters. The maximum Gasteiger partial charge on any atom is 0.203 e. The van der Waals surface area contributed by atoms with Crippen molar-refractivity contribution in [3.05, 3.63) is 35.4 Å². The number of aryl methyl sites for hydroxylation is 1. The van der Waals surface area contributed by atoms with Crippen molar-refractivity contribution in [2.75, 3.05) is 55.9 Å². The number of hydrogen-bond donors (Lipinski definition) is 0. The summed E-state index contributed by atoms with van der Waals surface area (Å²) in [6.45, 7) is 0.909. The molecule has 0 spiro atoms. The third kappa shape index (κ3) is 6.37. The van der Waals surface area contributed by atoms with E-state index in [1.54, 1.807) is 54.8 Å². The van der Waals surface area contributed by atoms with Crippen LogP contribution in [0.15, 0.2) is 24.3 Å². The van der Waals surface area contributed by atoms with Gasteiger partial charge in [0.25, 0.3) is 0 Å². The summed E-state index contributed by atoms with van der Waals surface area (Å²) in [6, 6.07) is 7.51. The number of ether oxygens (including phenoxy) is 7. The zero-order chi connectivity index (χ0) is 22.6. The Bertz CT molecular complexity index is 862. The molecule has 7 nitrogen and oxygen atoms in total. The van der Waals surface area contributed by atoms with E-state index in [0.29, 0.717) is 47.7 Å². The molecule has 0 saturated heterocycles. The molecule has 0 radical (unpaired) electrons. The van der Waals surface area contributed by atoms with Gasteiger partial charge in [0.2, 0.25) is 11.5 Å². The minimum absolute atomic E-state index is 0.325. The molecule has 0 aliphatic rings. The van der Waals surface area contributed by atoms with E-state index >= 15 is 0 Å². The summed E-state index contributed by atoms with van der Waals surface area (Å²) in [4.78, 5) is 0. The molecular formula is C24H30O7. The average Bonchev–Trinajstić information content (AvgIpc) is 2.81. The fourth-order valence-electron chi connectivity index (χ4n) is 3.07. The van der Waals surface area contributed by atoms with Gasteiger partial charge < -0.3 is 33.2 Å². The Hall–Kier alpha value is -3.24. The number of benzene rings is 2. The SMILES string of the molecule is COc1cc(C#CCOCCCc2cc(OC)c(OC)c(OC)c2)cc(OC)c1OC. The van der Waals surface area contributed by atoms with E-state index in [9.17, 15) is 0 Å². The normalized spacial score (nSPS) is 10.0. The highest BCUT2D eigenvalue weighted by atomic mass is 16.5. The quantitative estimate of drug-likeness (QED) is 0.397. The second-order valence-electron chi connectivity index (χ2n) is 6.41. The summed E-state index contributed by atoms with van der Waals surface area (Å²) >= 11 is 0. The van der Waals surface area contributed by atoms with E-state index in [1.807, 2.05) is 12.1 Å². The molecular weight excluding hydrogens is 400 g/mol. The molecule has 168 valence electrons. The predicted octanol–water partition coefficient (Wildman–Crippen LogP) is 3.74. The van der Waals surface area contributed by atoms with Crippen LogP contribution < -0.4 is 28.4 Å². The predicted molar refractivity (Wildman–Crippen MR) is 118 cm³/mol. The molecule has 7 heteroatoms. The zero-order valence-electron chi connectivity index (χ0n) is 19.0. The standard InChI is InChI=1S/C24H30O7/c1-25-19-13-17(14-20(26-2)23(19)29-5)9-7-11-31-12-8-10-18-15-21(27-3)24(30-6)22(16-18)28-4/h13-16H,7,9,11-12H2,1-6H3. The zero-order valence-corrected chi connectivity index (χ0v) is 19.0. The Morgan fingerprint density at radius 3 is 1.58 bits per heavy atom. The van der Waals surface area contributed by atoms with Crippen molar-refractivity contribution in [1.82, 2.24) is 0 Å². The van der Waals surface area contributed by atoms with Crippen molar-refractivity contribution in [1.29, 1.82) is 0 Å². The van der Waals surface area contributed by atoms with E-state index < -0.39 is 0 Å². The second-order valence-corrected chi connectivity index (χ2v) is 6.41. The molecule has 0 N–H and O–H groups in total. The van der Waals surface area contributed by atoms with Gasteiger partial charge in [-0.2, -0.15) is 0 Å². The van der Waals surface area contributed by atoms with Crippen LogP contribution in [0.2, 0.25) is 0 Å². The van der Waals surface area contributed by atoms with Crippen LogP contribution in [-0.2, 0) is 11.2 Å². The molecule has 0 aliphatic carbocycles. The summed E-state index contributed by atoms with van der Waals surface area (Å²) in [5, 5.41) is 0. The van der Waals surface area contributed by atoms with Crippen LogP contribution in [0.1, 0.15) is 17.5 Å². The Balaban J connectivity index is 1.88. The monoisotopic (exact) mass is 430 g/mol. The lowest BCUT2D eigenvalue weighted by Crippen LogP contribution is -2.00. The van der Waals surface area contributed by atoms with Gasteiger partial charge in [-0.1, -0.05) is 11.8 Å². The fraction of sp³-hybridized carbons (Fsp3) is 0.417. The van der Waals surface area contributed by atoms with Crippen molar-refractivity contribution < 1.29 is 33.2 Å². The Kier molecular flexibility index (Phi) is 9.66. The molecule has 0 amide bonds. The highest BCUT2D eigenvalue weighted by Crippen LogP contribution is 2.39. The molecule has 0 aromatic heterocycles. The highest BCUT2D eigenvalue weighted by molar-refractivity contribution is 5.57. The van der Waals surface area contributed by atoms with Crippen molar-refractivity contribution in [3.63, 3.8) is 0 Å². The largest absolute Gasteiger partial charge is 0.493 e. The van der Waals surface area contributed by atoms with Gasteiger partial charge >= 0.3 is 0 Å². The van der Waals surface area contributed by atoms with Gasteiger partial charge in [-0.15, -0.1) is 0 Å². The maximum absolute atomic E-state index is 5.65. The van der Waals surface area contributed by atoms with Crippen LogP contribution in [0.4, 0.5) is 0 Å². The Morgan fingerprint density at radius 1 is 0.645 bits per heavy atom. The van der Waals surface area contributed by atoms with Gasteiger partial charge in [0.05, 0.1) is 42.7 Å². The van der Waals surface area contributed by atoms with Gasteiger partial charge in [0.15, 0.2) is 23.0 Å². The Morgan fingerprint density at radius 2 is 1.13 bits per heavy atom. The van der Waals surface area contributed by atoms with E-state index in [1.165, 1.54) is 0 Å². The van der Waals surface area contributed by atoms with Crippen LogP contribution in [-0.4, -0.2) is 55.9 Å². The summed E-state index contributed by atoms with van der Waals surface area (Å²) in [7, 11) is 9.52. The lowest BCUT2D eigenvalue weighted by atomic mass is 10.1. The average molecular weight is 430 g/mol. The molecule has 0 bridgehead atoms. The minimum atomic E-state index is 0.325. The first-order valence-corrected chi connectivity index (χ1v) is 9.77. The lowest BCUT2D eigenvalue weighted by Gasteiger charge is -2.14. The van der Waals surface area contributed by atoms with Crippen LogP contribution in [0.3, 0.4) is 0 Å². The van der Waals surface area contributed by atoms with E-state index in [-0.39, 0.29) is 0 Å². The summed E-state index contributed by atoms with van der Waals surface area (Å²) < 4.78 is 37.8. The summed E-state index contributed by atoms with van der Waals surface area (Å²) in [5.74, 6) is 9.63. The highest BCUT2D eigenvalue weighted by Gasteiger charge is 2.13. The number of hydrogen-bond acceptors (Lipinski definition) is 7. The molecule has 0 atom stereocenters. The lowest BCUT2D eigenvalue weighted by molar-refractivity contribution is 0.164. The van der Waals surface area contributed by atoms with Gasteiger partial charge in [-0.25, -0.2) is 0 Å². The minimum Gasteiger partial charge on any atom is -0.493 e. The van der Waals surface area contributed by atoms with Crippen LogP contribution in [0, 0.1) is 11.8 Å². The molecule has 0 heterocycles. The molecule has 31 heavy (non-hydrogen) atoms. The molecule has 0 fully saturated rings. The number of rotatable bonds is 11. The molecule has 2 aromatic rings. The molecule has 0 saturated carbocycles. The van der Waals surface area contributed by atoms with Crippen molar-refractivity contribution in [2.24, 2.45) is 0 Å². The molecule has 2 rings (SSSR count). The third-order valence-corrected chi connectivity index (χ3v) is 4.55. The molecule has 2 aromatic carbocycles. The third-order valence-electron chi connectivity index (χ3n) is 4.55. The van der Waals surface area contributed by atoms with Crippen molar-refractivity contribution in [3.8, 4) is 46.3 Å². The van der Waals surface area contributed by atoms with Crippen molar-refractivity contribution in [2.45, 2.75) is 12.8 Å². The first-order chi connectivity index (χ1) is 15.1. The van der Waals surface area contributed by atoms with Gasteiger partial charge in [0, 0.05) is 12.2 Å². The summed E-state index contributed by atoms with van der Waals surface area (Å²) in [5.41, 5.74) is 1.84. The Labute approximate surface area is 184 Å². The van der Waals surface area contributed by atoms with Gasteiger partial charge in [0.1, 0.15) is 6.61 Å². The first kappa shape index (κ1) is 24.0. The molecule has 0 aliphatic heterocycles. The topological polar surface area (TPSA) is 64.6 Å². The fourth-order valence-corrected chi connectivity index (χ4v) is 3.07. The summed E-state index contributed by atoms with van der Waals surface area (Å²) in [6.07, 6.45) is 1.65. The van der Waals surface area contributed by atoms with E-state index in [2.05, 4.69) is 11.8 Å². The van der Waals surface area contributed by atoms with E-state index in [4.69, 9.17) is 33.2 Å². The van der Waals surface area contributed by atoms with Gasteiger partial charge in [-0.3, -0.25) is 0 Å².